The van der Waals surface area contributed by atoms with Crippen LogP contribution in [-0.4, -0.2) is 23.4 Å². The zero-order chi connectivity index (χ0) is 12.4. The summed E-state index contributed by atoms with van der Waals surface area (Å²) in [6.45, 7) is 2.91. The molecule has 0 aromatic heterocycles. The predicted octanol–water partition coefficient (Wildman–Crippen LogP) is 3.05. The number of carbonyl (C=O) groups is 1. The van der Waals surface area contributed by atoms with E-state index >= 15 is 0 Å². The normalized spacial score (nSPS) is 14.7. The van der Waals surface area contributed by atoms with Crippen LogP contribution in [0.15, 0.2) is 22.7 Å². The lowest BCUT2D eigenvalue weighted by Crippen LogP contribution is -2.34. The summed E-state index contributed by atoms with van der Waals surface area (Å²) in [5.41, 5.74) is 7.04. The van der Waals surface area contributed by atoms with Crippen molar-refractivity contribution in [2.75, 3.05) is 12.3 Å². The van der Waals surface area contributed by atoms with Crippen molar-refractivity contribution in [1.29, 1.82) is 0 Å². The van der Waals surface area contributed by atoms with Gasteiger partial charge in [0.05, 0.1) is 5.56 Å². The molecule has 3 nitrogen and oxygen atoms in total. The number of hydrogen-bond donors (Lipinski definition) is 1. The Balaban J connectivity index is 2.24. The first-order valence-electron chi connectivity index (χ1n) is 5.99. The summed E-state index contributed by atoms with van der Waals surface area (Å²) in [4.78, 5) is 14.4. The van der Waals surface area contributed by atoms with Gasteiger partial charge in [-0.05, 0) is 37.5 Å². The van der Waals surface area contributed by atoms with Crippen LogP contribution in [0, 0.1) is 0 Å². The SMILES string of the molecule is CCCN(C(=O)c1cc(Br)ccc1N)C1CC1. The molecule has 0 bridgehead atoms. The minimum Gasteiger partial charge on any atom is -0.398 e. The lowest BCUT2D eigenvalue weighted by molar-refractivity contribution is 0.0744. The highest BCUT2D eigenvalue weighted by Gasteiger charge is 2.32. The van der Waals surface area contributed by atoms with Gasteiger partial charge in [-0.15, -0.1) is 0 Å². The smallest absolute Gasteiger partial charge is 0.256 e. The monoisotopic (exact) mass is 296 g/mol. The van der Waals surface area contributed by atoms with Gasteiger partial charge in [-0.1, -0.05) is 22.9 Å². The Kier molecular flexibility index (Phi) is 3.72. The van der Waals surface area contributed by atoms with Gasteiger partial charge in [0, 0.05) is 22.7 Å². The lowest BCUT2D eigenvalue weighted by Gasteiger charge is -2.22. The minimum absolute atomic E-state index is 0.0631. The van der Waals surface area contributed by atoms with Gasteiger partial charge in [-0.3, -0.25) is 4.79 Å². The first-order valence-corrected chi connectivity index (χ1v) is 6.78. The van der Waals surface area contributed by atoms with Crippen LogP contribution in [0.1, 0.15) is 36.5 Å². The van der Waals surface area contributed by atoms with Crippen LogP contribution in [0.3, 0.4) is 0 Å². The Morgan fingerprint density at radius 2 is 2.24 bits per heavy atom. The van der Waals surface area contributed by atoms with Crippen molar-refractivity contribution in [2.45, 2.75) is 32.2 Å². The number of halogens is 1. The van der Waals surface area contributed by atoms with Crippen molar-refractivity contribution in [1.82, 2.24) is 4.90 Å². The van der Waals surface area contributed by atoms with Crippen molar-refractivity contribution in [2.24, 2.45) is 0 Å². The van der Waals surface area contributed by atoms with E-state index in [0.717, 1.165) is 30.3 Å². The van der Waals surface area contributed by atoms with Crippen LogP contribution in [0.25, 0.3) is 0 Å². The van der Waals surface area contributed by atoms with E-state index in [1.165, 1.54) is 0 Å². The summed E-state index contributed by atoms with van der Waals surface area (Å²) in [5.74, 6) is 0.0631. The topological polar surface area (TPSA) is 46.3 Å². The second-order valence-corrected chi connectivity index (χ2v) is 5.38. The fraction of sp³-hybridized carbons (Fsp3) is 0.462. The molecule has 0 spiro atoms. The van der Waals surface area contributed by atoms with Gasteiger partial charge < -0.3 is 10.6 Å². The molecule has 17 heavy (non-hydrogen) atoms. The summed E-state index contributed by atoms with van der Waals surface area (Å²) in [6.07, 6.45) is 3.23. The van der Waals surface area contributed by atoms with Crippen LogP contribution in [-0.2, 0) is 0 Å². The van der Waals surface area contributed by atoms with Crippen LogP contribution in [0.5, 0.6) is 0 Å². The van der Waals surface area contributed by atoms with E-state index in [1.807, 2.05) is 17.0 Å². The first-order chi connectivity index (χ1) is 8.13. The molecule has 1 aromatic rings. The number of carbonyl (C=O) groups excluding carboxylic acids is 1. The molecule has 0 heterocycles. The van der Waals surface area contributed by atoms with E-state index in [9.17, 15) is 4.79 Å². The van der Waals surface area contributed by atoms with E-state index in [-0.39, 0.29) is 5.91 Å². The molecule has 1 aliphatic rings. The molecule has 2 rings (SSSR count). The minimum atomic E-state index is 0.0631. The number of hydrogen-bond acceptors (Lipinski definition) is 2. The summed E-state index contributed by atoms with van der Waals surface area (Å²) >= 11 is 3.38. The zero-order valence-electron chi connectivity index (χ0n) is 9.95. The van der Waals surface area contributed by atoms with Gasteiger partial charge in [0.25, 0.3) is 5.91 Å². The van der Waals surface area contributed by atoms with E-state index in [2.05, 4.69) is 22.9 Å². The lowest BCUT2D eigenvalue weighted by atomic mass is 10.1. The molecule has 92 valence electrons. The van der Waals surface area contributed by atoms with E-state index in [0.29, 0.717) is 17.3 Å². The average molecular weight is 297 g/mol. The van der Waals surface area contributed by atoms with Gasteiger partial charge in [-0.25, -0.2) is 0 Å². The third-order valence-corrected chi connectivity index (χ3v) is 3.45. The maximum atomic E-state index is 12.4. The van der Waals surface area contributed by atoms with Gasteiger partial charge >= 0.3 is 0 Å². The Bertz CT molecular complexity index is 429. The highest BCUT2D eigenvalue weighted by molar-refractivity contribution is 9.10. The molecule has 1 aliphatic carbocycles. The third kappa shape index (κ3) is 2.80. The van der Waals surface area contributed by atoms with Crippen LogP contribution in [0.2, 0.25) is 0 Å². The number of nitrogens with zero attached hydrogens (tertiary/aromatic N) is 1. The molecule has 0 saturated heterocycles. The molecule has 2 N–H and O–H groups in total. The molecular formula is C13H17BrN2O. The van der Waals surface area contributed by atoms with Gasteiger partial charge in [-0.2, -0.15) is 0 Å². The zero-order valence-corrected chi connectivity index (χ0v) is 11.5. The molecule has 0 radical (unpaired) electrons. The quantitative estimate of drug-likeness (QED) is 0.868. The molecule has 0 atom stereocenters. The van der Waals surface area contributed by atoms with Crippen molar-refractivity contribution >= 4 is 27.5 Å². The Hall–Kier alpha value is -1.03. The molecule has 1 saturated carbocycles. The fourth-order valence-corrected chi connectivity index (χ4v) is 2.31. The predicted molar refractivity (Wildman–Crippen MR) is 72.9 cm³/mol. The van der Waals surface area contributed by atoms with Crippen LogP contribution in [0.4, 0.5) is 5.69 Å². The fourth-order valence-electron chi connectivity index (χ4n) is 1.95. The molecule has 1 aromatic carbocycles. The van der Waals surface area contributed by atoms with Gasteiger partial charge in [0.15, 0.2) is 0 Å². The third-order valence-electron chi connectivity index (χ3n) is 2.96. The maximum absolute atomic E-state index is 12.4. The number of benzene rings is 1. The average Bonchev–Trinajstić information content (AvgIpc) is 3.12. The first kappa shape index (κ1) is 12.4. The van der Waals surface area contributed by atoms with Crippen LogP contribution < -0.4 is 5.73 Å². The summed E-state index contributed by atoms with van der Waals surface area (Å²) < 4.78 is 0.891. The number of anilines is 1. The van der Waals surface area contributed by atoms with Crippen LogP contribution >= 0.6 is 15.9 Å². The second kappa shape index (κ2) is 5.08. The summed E-state index contributed by atoms with van der Waals surface area (Å²) in [5, 5.41) is 0. The van der Waals surface area contributed by atoms with Crippen molar-refractivity contribution in [3.63, 3.8) is 0 Å². The number of rotatable bonds is 4. The highest BCUT2D eigenvalue weighted by Crippen LogP contribution is 2.30. The van der Waals surface area contributed by atoms with E-state index in [4.69, 9.17) is 5.73 Å². The second-order valence-electron chi connectivity index (χ2n) is 4.46. The molecule has 1 amide bonds. The molecule has 4 heteroatoms. The Morgan fingerprint density at radius 3 is 2.82 bits per heavy atom. The van der Waals surface area contributed by atoms with E-state index < -0.39 is 0 Å². The highest BCUT2D eigenvalue weighted by atomic mass is 79.9. The van der Waals surface area contributed by atoms with Crippen molar-refractivity contribution in [3.05, 3.63) is 28.2 Å². The van der Waals surface area contributed by atoms with Crippen molar-refractivity contribution < 1.29 is 4.79 Å². The standard InChI is InChI=1S/C13H17BrN2O/c1-2-7-16(10-4-5-10)13(17)11-8-9(14)3-6-12(11)15/h3,6,8,10H,2,4-5,7,15H2,1H3. The van der Waals surface area contributed by atoms with E-state index in [1.54, 1.807) is 6.07 Å². The Labute approximate surface area is 110 Å². The summed E-state index contributed by atoms with van der Waals surface area (Å²) in [7, 11) is 0. The maximum Gasteiger partial charge on any atom is 0.256 e. The number of nitrogen functional groups attached to an aromatic ring is 1. The van der Waals surface area contributed by atoms with Gasteiger partial charge in [0.2, 0.25) is 0 Å². The molecule has 1 fully saturated rings. The summed E-state index contributed by atoms with van der Waals surface area (Å²) in [6, 6.07) is 5.87. The Morgan fingerprint density at radius 1 is 1.53 bits per heavy atom. The number of nitrogens with two attached hydrogens (primary N) is 1. The molecule has 0 unspecified atom stereocenters. The number of amides is 1. The molecule has 0 aliphatic heterocycles. The van der Waals surface area contributed by atoms with Crippen molar-refractivity contribution in [3.8, 4) is 0 Å². The van der Waals surface area contributed by atoms with Gasteiger partial charge in [0.1, 0.15) is 0 Å². The largest absolute Gasteiger partial charge is 0.398 e. The molecular weight excluding hydrogens is 280 g/mol.